The van der Waals surface area contributed by atoms with E-state index in [1.165, 1.54) is 17.7 Å². The molecule has 0 aliphatic carbocycles. The number of piperidine rings is 1. The van der Waals surface area contributed by atoms with Gasteiger partial charge in [-0.25, -0.2) is 4.39 Å². The fourth-order valence-corrected chi connectivity index (χ4v) is 4.32. The highest BCUT2D eigenvalue weighted by Crippen LogP contribution is 2.31. The van der Waals surface area contributed by atoms with E-state index in [1.807, 2.05) is 17.0 Å². The quantitative estimate of drug-likeness (QED) is 0.898. The van der Waals surface area contributed by atoms with Crippen LogP contribution in [0.4, 0.5) is 4.39 Å². The van der Waals surface area contributed by atoms with Gasteiger partial charge in [0.15, 0.2) is 0 Å². The Labute approximate surface area is 159 Å². The van der Waals surface area contributed by atoms with Gasteiger partial charge in [0.25, 0.3) is 0 Å². The average Bonchev–Trinajstić information content (AvgIpc) is 3.05. The number of carbonyl (C=O) groups is 1. The Balaban J connectivity index is 1.33. The third-order valence-corrected chi connectivity index (χ3v) is 5.89. The van der Waals surface area contributed by atoms with Gasteiger partial charge in [-0.3, -0.25) is 9.69 Å². The summed E-state index contributed by atoms with van der Waals surface area (Å²) >= 11 is 0. The molecule has 0 saturated carbocycles. The number of amides is 1. The van der Waals surface area contributed by atoms with Crippen molar-refractivity contribution in [3.05, 3.63) is 65.5 Å². The topological polar surface area (TPSA) is 43.8 Å². The first-order valence-electron chi connectivity index (χ1n) is 9.66. The summed E-state index contributed by atoms with van der Waals surface area (Å²) in [5.74, 6) is 0.742. The van der Waals surface area contributed by atoms with Crippen molar-refractivity contribution in [2.75, 3.05) is 19.6 Å². The van der Waals surface area contributed by atoms with Crippen molar-refractivity contribution in [3.8, 4) is 5.75 Å². The molecule has 142 valence electrons. The van der Waals surface area contributed by atoms with E-state index >= 15 is 0 Å². The molecule has 1 atom stereocenters. The van der Waals surface area contributed by atoms with E-state index < -0.39 is 0 Å². The minimum absolute atomic E-state index is 0.0220. The number of hydrogen-bond donors (Lipinski definition) is 1. The molecule has 2 aliphatic heterocycles. The summed E-state index contributed by atoms with van der Waals surface area (Å²) in [6.07, 6.45) is 2.93. The lowest BCUT2D eigenvalue weighted by molar-refractivity contribution is -0.133. The Bertz CT molecular complexity index is 783. The van der Waals surface area contributed by atoms with Gasteiger partial charge < -0.3 is 10.0 Å². The van der Waals surface area contributed by atoms with Gasteiger partial charge in [-0.2, -0.15) is 0 Å². The highest BCUT2D eigenvalue weighted by molar-refractivity contribution is 5.84. The van der Waals surface area contributed by atoms with E-state index in [4.69, 9.17) is 0 Å². The Morgan fingerprint density at radius 1 is 0.926 bits per heavy atom. The normalized spacial score (nSPS) is 21.7. The molecule has 2 aromatic rings. The van der Waals surface area contributed by atoms with Crippen molar-refractivity contribution in [2.45, 2.75) is 37.8 Å². The number of halogens is 1. The molecule has 0 aromatic heterocycles. The maximum Gasteiger partial charge on any atom is 0.240 e. The predicted molar refractivity (Wildman–Crippen MR) is 102 cm³/mol. The van der Waals surface area contributed by atoms with Gasteiger partial charge in [-0.15, -0.1) is 0 Å². The average molecular weight is 368 g/mol. The summed E-state index contributed by atoms with van der Waals surface area (Å²) in [6.45, 7) is 3.16. The lowest BCUT2D eigenvalue weighted by Crippen LogP contribution is -2.45. The lowest BCUT2D eigenvalue weighted by atomic mass is 9.89. The molecule has 4 rings (SSSR count). The van der Waals surface area contributed by atoms with Gasteiger partial charge in [-0.05, 0) is 73.7 Å². The van der Waals surface area contributed by atoms with Crippen LogP contribution in [0.15, 0.2) is 48.5 Å². The zero-order valence-corrected chi connectivity index (χ0v) is 15.4. The molecule has 1 N–H and O–H groups in total. The van der Waals surface area contributed by atoms with Crippen molar-refractivity contribution in [1.29, 1.82) is 0 Å². The molecule has 4 nitrogen and oxygen atoms in total. The number of phenolic OH excluding ortho intramolecular Hbond substituents is 1. The van der Waals surface area contributed by atoms with Crippen molar-refractivity contribution in [2.24, 2.45) is 0 Å². The second kappa shape index (κ2) is 7.69. The van der Waals surface area contributed by atoms with E-state index in [1.54, 1.807) is 24.3 Å². The number of aromatic hydroxyl groups is 1. The predicted octanol–water partition coefficient (Wildman–Crippen LogP) is 3.51. The maximum atomic E-state index is 13.1. The molecule has 2 aliphatic rings. The number of rotatable bonds is 4. The molecule has 27 heavy (non-hydrogen) atoms. The third kappa shape index (κ3) is 3.98. The minimum Gasteiger partial charge on any atom is -0.508 e. The van der Waals surface area contributed by atoms with Gasteiger partial charge in [0.2, 0.25) is 5.91 Å². The number of nitrogens with zero attached hydrogens (tertiary/aromatic N) is 2. The Morgan fingerprint density at radius 2 is 1.59 bits per heavy atom. The monoisotopic (exact) mass is 368 g/mol. The molecule has 0 bridgehead atoms. The molecule has 0 unspecified atom stereocenters. The van der Waals surface area contributed by atoms with Crippen LogP contribution in [-0.4, -0.2) is 46.5 Å². The van der Waals surface area contributed by atoms with E-state index in [0.29, 0.717) is 18.2 Å². The third-order valence-electron chi connectivity index (χ3n) is 5.89. The van der Waals surface area contributed by atoms with Gasteiger partial charge in [-0.1, -0.05) is 24.3 Å². The smallest absolute Gasteiger partial charge is 0.240 e. The second-order valence-electron chi connectivity index (χ2n) is 7.59. The summed E-state index contributed by atoms with van der Waals surface area (Å²) in [5.41, 5.74) is 2.24. The highest BCUT2D eigenvalue weighted by atomic mass is 19.1. The molecule has 2 heterocycles. The van der Waals surface area contributed by atoms with E-state index in [9.17, 15) is 14.3 Å². The number of benzene rings is 2. The number of phenols is 1. The zero-order valence-electron chi connectivity index (χ0n) is 15.4. The molecule has 2 fully saturated rings. The summed E-state index contributed by atoms with van der Waals surface area (Å²) < 4.78 is 13.1. The molecule has 2 aromatic carbocycles. The SMILES string of the molecule is O=C1[C@H](N2CCC(c3ccc(O)cc3)CC2)CCN1Cc1ccc(F)cc1. The van der Waals surface area contributed by atoms with Crippen LogP contribution in [-0.2, 0) is 11.3 Å². The standard InChI is InChI=1S/C22H25FN2O2/c23-19-5-1-16(2-6-19)15-25-14-11-21(22(25)27)24-12-9-18(10-13-24)17-3-7-20(26)8-4-17/h1-8,18,21,26H,9-15H2/t21-/m1/s1. The second-order valence-corrected chi connectivity index (χ2v) is 7.59. The molecular formula is C22H25FN2O2. The molecule has 0 radical (unpaired) electrons. The largest absolute Gasteiger partial charge is 0.508 e. The first kappa shape index (κ1) is 18.0. The van der Waals surface area contributed by atoms with Crippen LogP contribution in [0.2, 0.25) is 0 Å². The summed E-state index contributed by atoms with van der Waals surface area (Å²) in [7, 11) is 0. The van der Waals surface area contributed by atoms with Crippen LogP contribution in [0.3, 0.4) is 0 Å². The van der Waals surface area contributed by atoms with Crippen molar-refractivity contribution < 1.29 is 14.3 Å². The summed E-state index contributed by atoms with van der Waals surface area (Å²) in [6, 6.07) is 13.9. The first-order chi connectivity index (χ1) is 13.1. The summed E-state index contributed by atoms with van der Waals surface area (Å²) in [4.78, 5) is 17.1. The molecule has 1 amide bonds. The van der Waals surface area contributed by atoms with Crippen LogP contribution in [0.5, 0.6) is 5.75 Å². The van der Waals surface area contributed by atoms with Gasteiger partial charge in [0.1, 0.15) is 11.6 Å². The van der Waals surface area contributed by atoms with Crippen molar-refractivity contribution in [1.82, 2.24) is 9.80 Å². The fraction of sp³-hybridized carbons (Fsp3) is 0.409. The fourth-order valence-electron chi connectivity index (χ4n) is 4.32. The number of likely N-dealkylation sites (tertiary alicyclic amines) is 2. The van der Waals surface area contributed by atoms with Gasteiger partial charge in [0, 0.05) is 13.1 Å². The Kier molecular flexibility index (Phi) is 5.12. The van der Waals surface area contributed by atoms with E-state index in [-0.39, 0.29) is 17.8 Å². The Morgan fingerprint density at radius 3 is 2.26 bits per heavy atom. The molecule has 0 spiro atoms. The minimum atomic E-state index is -0.249. The first-order valence-corrected chi connectivity index (χ1v) is 9.66. The van der Waals surface area contributed by atoms with E-state index in [0.717, 1.165) is 44.5 Å². The van der Waals surface area contributed by atoms with Crippen LogP contribution < -0.4 is 0 Å². The van der Waals surface area contributed by atoms with Crippen LogP contribution in [0.1, 0.15) is 36.3 Å². The maximum absolute atomic E-state index is 13.1. The van der Waals surface area contributed by atoms with Crippen LogP contribution >= 0.6 is 0 Å². The summed E-state index contributed by atoms with van der Waals surface area (Å²) in [5, 5.41) is 9.44. The van der Waals surface area contributed by atoms with Crippen LogP contribution in [0, 0.1) is 5.82 Å². The molecular weight excluding hydrogens is 343 g/mol. The van der Waals surface area contributed by atoms with Crippen LogP contribution in [0.25, 0.3) is 0 Å². The highest BCUT2D eigenvalue weighted by Gasteiger charge is 2.37. The van der Waals surface area contributed by atoms with Crippen molar-refractivity contribution in [3.63, 3.8) is 0 Å². The molecule has 5 heteroatoms. The van der Waals surface area contributed by atoms with Gasteiger partial charge >= 0.3 is 0 Å². The zero-order chi connectivity index (χ0) is 18.8. The van der Waals surface area contributed by atoms with E-state index in [2.05, 4.69) is 4.90 Å². The number of carbonyl (C=O) groups excluding carboxylic acids is 1. The van der Waals surface area contributed by atoms with Crippen molar-refractivity contribution >= 4 is 5.91 Å². The lowest BCUT2D eigenvalue weighted by Gasteiger charge is -2.35. The Hall–Kier alpha value is -2.40. The number of hydrogen-bond acceptors (Lipinski definition) is 3. The molecule has 2 saturated heterocycles. The van der Waals surface area contributed by atoms with Gasteiger partial charge in [0.05, 0.1) is 6.04 Å².